The van der Waals surface area contributed by atoms with E-state index in [0.717, 1.165) is 16.9 Å². The number of carboxylic acid groups (broad SMARTS) is 1. The van der Waals surface area contributed by atoms with Crippen molar-refractivity contribution in [1.29, 1.82) is 0 Å². The quantitative estimate of drug-likeness (QED) is 0.857. The van der Waals surface area contributed by atoms with Gasteiger partial charge in [0.25, 0.3) is 10.0 Å². The van der Waals surface area contributed by atoms with Crippen molar-refractivity contribution in [1.82, 2.24) is 14.5 Å². The van der Waals surface area contributed by atoms with E-state index in [1.165, 1.54) is 10.7 Å². The number of carbonyl (C=O) groups is 1. The standard InChI is InChI=1S/C13H17N3O4S2/c1-7-5-10(21-6-7)22(19,20)15-12(13(17)18)11-8(2)14-16(4)9(11)3/h5-6,12,15H,1-4H3,(H,17,18). The number of hydrogen-bond donors (Lipinski definition) is 2. The molecule has 0 amide bonds. The molecule has 120 valence electrons. The van der Waals surface area contributed by atoms with E-state index >= 15 is 0 Å². The van der Waals surface area contributed by atoms with Crippen LogP contribution in [0.4, 0.5) is 0 Å². The Morgan fingerprint density at radius 1 is 1.41 bits per heavy atom. The number of rotatable bonds is 5. The molecule has 2 aromatic heterocycles. The van der Waals surface area contributed by atoms with E-state index in [0.29, 0.717) is 17.0 Å². The van der Waals surface area contributed by atoms with Crippen molar-refractivity contribution in [2.45, 2.75) is 31.0 Å². The number of sulfonamides is 1. The summed E-state index contributed by atoms with van der Waals surface area (Å²) in [7, 11) is -2.22. The second-order valence-corrected chi connectivity index (χ2v) is 7.90. The van der Waals surface area contributed by atoms with E-state index in [9.17, 15) is 18.3 Å². The first-order chi connectivity index (χ1) is 10.1. The number of aromatic nitrogens is 2. The summed E-state index contributed by atoms with van der Waals surface area (Å²) in [5.41, 5.74) is 2.27. The molecule has 2 N–H and O–H groups in total. The molecule has 7 nitrogen and oxygen atoms in total. The molecule has 0 aliphatic carbocycles. The molecule has 0 saturated heterocycles. The Morgan fingerprint density at radius 3 is 2.45 bits per heavy atom. The minimum Gasteiger partial charge on any atom is -0.480 e. The summed E-state index contributed by atoms with van der Waals surface area (Å²) in [6.07, 6.45) is 0. The second-order valence-electron chi connectivity index (χ2n) is 5.04. The van der Waals surface area contributed by atoms with Crippen molar-refractivity contribution in [2.24, 2.45) is 7.05 Å². The Hall–Kier alpha value is -1.71. The lowest BCUT2D eigenvalue weighted by atomic mass is 10.1. The van der Waals surface area contributed by atoms with Gasteiger partial charge in [-0.1, -0.05) is 0 Å². The van der Waals surface area contributed by atoms with E-state index < -0.39 is 22.0 Å². The zero-order chi connectivity index (χ0) is 16.7. The largest absolute Gasteiger partial charge is 0.480 e. The normalized spacial score (nSPS) is 13.3. The molecule has 0 aliphatic heterocycles. The van der Waals surface area contributed by atoms with Crippen LogP contribution in [0.3, 0.4) is 0 Å². The maximum atomic E-state index is 12.4. The number of carboxylic acids is 1. The van der Waals surface area contributed by atoms with Gasteiger partial charge in [0.1, 0.15) is 10.3 Å². The van der Waals surface area contributed by atoms with Gasteiger partial charge in [-0.05, 0) is 37.8 Å². The van der Waals surface area contributed by atoms with Gasteiger partial charge in [-0.2, -0.15) is 9.82 Å². The first-order valence-electron chi connectivity index (χ1n) is 6.44. The molecule has 1 atom stereocenters. The van der Waals surface area contributed by atoms with Gasteiger partial charge < -0.3 is 5.11 Å². The van der Waals surface area contributed by atoms with Crippen LogP contribution < -0.4 is 4.72 Å². The van der Waals surface area contributed by atoms with Crippen molar-refractivity contribution >= 4 is 27.3 Å². The summed E-state index contributed by atoms with van der Waals surface area (Å²) in [5.74, 6) is -1.27. The van der Waals surface area contributed by atoms with Crippen LogP contribution in [0.2, 0.25) is 0 Å². The number of thiophene rings is 1. The number of hydrogen-bond acceptors (Lipinski definition) is 5. The Labute approximate surface area is 132 Å². The number of aryl methyl sites for hydroxylation is 3. The average Bonchev–Trinajstić information content (AvgIpc) is 2.93. The summed E-state index contributed by atoms with van der Waals surface area (Å²) in [4.78, 5) is 11.6. The molecule has 0 spiro atoms. The zero-order valence-corrected chi connectivity index (χ0v) is 14.2. The molecule has 2 rings (SSSR count). The SMILES string of the molecule is Cc1csc(S(=O)(=O)NC(C(=O)O)c2c(C)nn(C)c2C)c1. The maximum Gasteiger partial charge on any atom is 0.326 e. The van der Waals surface area contributed by atoms with Crippen LogP contribution in [0, 0.1) is 20.8 Å². The Balaban J connectivity index is 2.44. The smallest absolute Gasteiger partial charge is 0.326 e. The monoisotopic (exact) mass is 343 g/mol. The van der Waals surface area contributed by atoms with Crippen molar-refractivity contribution < 1.29 is 18.3 Å². The lowest BCUT2D eigenvalue weighted by molar-refractivity contribution is -0.139. The van der Waals surface area contributed by atoms with Gasteiger partial charge in [0.05, 0.1) is 5.69 Å². The predicted molar refractivity (Wildman–Crippen MR) is 82.4 cm³/mol. The summed E-state index contributed by atoms with van der Waals surface area (Å²) in [6.45, 7) is 5.14. The van der Waals surface area contributed by atoms with Crippen LogP contribution in [0.1, 0.15) is 28.6 Å². The van der Waals surface area contributed by atoms with Crippen LogP contribution in [0.15, 0.2) is 15.7 Å². The summed E-state index contributed by atoms with van der Waals surface area (Å²) < 4.78 is 28.6. The maximum absolute atomic E-state index is 12.4. The Morgan fingerprint density at radius 2 is 2.05 bits per heavy atom. The van der Waals surface area contributed by atoms with Crippen molar-refractivity contribution in [2.75, 3.05) is 0 Å². The van der Waals surface area contributed by atoms with E-state index in [4.69, 9.17) is 0 Å². The van der Waals surface area contributed by atoms with Crippen LogP contribution in [-0.4, -0.2) is 29.3 Å². The van der Waals surface area contributed by atoms with Gasteiger partial charge >= 0.3 is 5.97 Å². The molecule has 9 heteroatoms. The molecule has 0 aliphatic rings. The summed E-state index contributed by atoms with van der Waals surface area (Å²) in [5, 5.41) is 15.3. The fourth-order valence-electron chi connectivity index (χ4n) is 2.20. The van der Waals surface area contributed by atoms with Gasteiger partial charge in [0, 0.05) is 18.3 Å². The van der Waals surface area contributed by atoms with Crippen LogP contribution in [-0.2, 0) is 21.9 Å². The molecular weight excluding hydrogens is 326 g/mol. The van der Waals surface area contributed by atoms with Gasteiger partial charge in [-0.3, -0.25) is 9.48 Å². The molecule has 0 radical (unpaired) electrons. The minimum absolute atomic E-state index is 0.0930. The third-order valence-electron chi connectivity index (χ3n) is 3.34. The Bertz CT molecular complexity index is 820. The third kappa shape index (κ3) is 3.06. The van der Waals surface area contributed by atoms with Crippen molar-refractivity contribution in [3.8, 4) is 0 Å². The number of nitrogens with one attached hydrogen (secondary N) is 1. The fraction of sp³-hybridized carbons (Fsp3) is 0.385. The topological polar surface area (TPSA) is 101 Å². The molecule has 0 aromatic carbocycles. The molecular formula is C13H17N3O4S2. The first kappa shape index (κ1) is 16.7. The molecule has 22 heavy (non-hydrogen) atoms. The molecule has 0 bridgehead atoms. The lowest BCUT2D eigenvalue weighted by Crippen LogP contribution is -2.34. The highest BCUT2D eigenvalue weighted by Crippen LogP contribution is 2.26. The zero-order valence-electron chi connectivity index (χ0n) is 12.6. The lowest BCUT2D eigenvalue weighted by Gasteiger charge is -2.15. The van der Waals surface area contributed by atoms with E-state index in [1.54, 1.807) is 33.2 Å². The third-order valence-corrected chi connectivity index (χ3v) is 6.33. The number of nitrogens with zero attached hydrogens (tertiary/aromatic N) is 2. The average molecular weight is 343 g/mol. The van der Waals surface area contributed by atoms with Crippen molar-refractivity contribution in [3.05, 3.63) is 34.0 Å². The highest BCUT2D eigenvalue weighted by molar-refractivity contribution is 7.91. The minimum atomic E-state index is -3.91. The fourth-order valence-corrected chi connectivity index (χ4v) is 4.61. The summed E-state index contributed by atoms with van der Waals surface area (Å²) in [6, 6.07) is 0.135. The van der Waals surface area contributed by atoms with Gasteiger partial charge in [-0.15, -0.1) is 11.3 Å². The molecule has 2 aromatic rings. The van der Waals surface area contributed by atoms with Crippen molar-refractivity contribution in [3.63, 3.8) is 0 Å². The number of aliphatic carboxylic acids is 1. The highest BCUT2D eigenvalue weighted by Gasteiger charge is 2.31. The molecule has 0 saturated carbocycles. The van der Waals surface area contributed by atoms with Crippen LogP contribution in [0.25, 0.3) is 0 Å². The van der Waals surface area contributed by atoms with E-state index in [1.807, 2.05) is 0 Å². The van der Waals surface area contributed by atoms with E-state index in [-0.39, 0.29) is 4.21 Å². The van der Waals surface area contributed by atoms with Gasteiger partial charge in [0.2, 0.25) is 0 Å². The molecule has 1 unspecified atom stereocenters. The first-order valence-corrected chi connectivity index (χ1v) is 8.80. The van der Waals surface area contributed by atoms with Crippen LogP contribution >= 0.6 is 11.3 Å². The van der Waals surface area contributed by atoms with E-state index in [2.05, 4.69) is 9.82 Å². The predicted octanol–water partition coefficient (Wildman–Crippen LogP) is 1.51. The van der Waals surface area contributed by atoms with Crippen LogP contribution in [0.5, 0.6) is 0 Å². The molecule has 2 heterocycles. The summed E-state index contributed by atoms with van der Waals surface area (Å²) >= 11 is 1.05. The highest BCUT2D eigenvalue weighted by atomic mass is 32.2. The second kappa shape index (κ2) is 5.82. The Kier molecular flexibility index (Phi) is 4.41. The van der Waals surface area contributed by atoms with Gasteiger partial charge in [-0.25, -0.2) is 8.42 Å². The molecule has 0 fully saturated rings. The van der Waals surface area contributed by atoms with Gasteiger partial charge in [0.15, 0.2) is 0 Å².